The van der Waals surface area contributed by atoms with Gasteiger partial charge in [-0.3, -0.25) is 10.1 Å². The molecule has 0 spiro atoms. The fourth-order valence-electron chi connectivity index (χ4n) is 2.05. The highest BCUT2D eigenvalue weighted by atomic mass is 35.5. The van der Waals surface area contributed by atoms with E-state index in [1.54, 1.807) is 24.3 Å². The topological polar surface area (TPSA) is 66.9 Å². The number of nitrogens with zero attached hydrogens (tertiary/aromatic N) is 2. The normalized spacial score (nSPS) is 10.8. The monoisotopic (exact) mass is 388 g/mol. The summed E-state index contributed by atoms with van der Waals surface area (Å²) in [6, 6.07) is 13.4. The quantitative estimate of drug-likeness (QED) is 0.606. The number of rotatable bonds is 6. The average Bonchev–Trinajstić information content (AvgIpc) is 3.08. The highest BCUT2D eigenvalue weighted by Gasteiger charge is 2.06. The third-order valence-corrected chi connectivity index (χ3v) is 4.47. The first-order valence-corrected chi connectivity index (χ1v) is 8.85. The summed E-state index contributed by atoms with van der Waals surface area (Å²) in [4.78, 5) is 12.0. The van der Waals surface area contributed by atoms with Gasteiger partial charge in [-0.15, -0.1) is 10.2 Å². The molecule has 0 atom stereocenters. The standard InChI is InChI=1S/C18H14ClFN4OS/c19-15-4-2-1-3-13(15)7-10-16(25)22-18-24-23-17(26-18)21-11-12-5-8-14(20)9-6-12/h1-10H,11H2,(H,21,23)(H,22,24,25)/b10-7+. The minimum Gasteiger partial charge on any atom is -0.356 e. The minimum atomic E-state index is -0.328. The van der Waals surface area contributed by atoms with Crippen LogP contribution in [0, 0.1) is 5.82 Å². The van der Waals surface area contributed by atoms with Gasteiger partial charge in [0.1, 0.15) is 5.82 Å². The molecule has 0 aliphatic carbocycles. The Kier molecular flexibility index (Phi) is 5.93. The van der Waals surface area contributed by atoms with Gasteiger partial charge in [-0.1, -0.05) is 53.3 Å². The van der Waals surface area contributed by atoms with Crippen LogP contribution in [-0.2, 0) is 11.3 Å². The van der Waals surface area contributed by atoms with E-state index >= 15 is 0 Å². The smallest absolute Gasteiger partial charge is 0.250 e. The number of hydrogen-bond acceptors (Lipinski definition) is 5. The second kappa shape index (κ2) is 8.55. The van der Waals surface area contributed by atoms with Crippen molar-refractivity contribution < 1.29 is 9.18 Å². The molecule has 1 amide bonds. The number of anilines is 2. The lowest BCUT2D eigenvalue weighted by atomic mass is 10.2. The van der Waals surface area contributed by atoms with Gasteiger partial charge in [0.15, 0.2) is 0 Å². The molecule has 132 valence electrons. The number of nitrogens with one attached hydrogen (secondary N) is 2. The lowest BCUT2D eigenvalue weighted by Crippen LogP contribution is -2.07. The Balaban J connectivity index is 1.53. The van der Waals surface area contributed by atoms with Crippen molar-refractivity contribution in [2.24, 2.45) is 0 Å². The van der Waals surface area contributed by atoms with Crippen LogP contribution in [0.1, 0.15) is 11.1 Å². The molecule has 2 N–H and O–H groups in total. The summed E-state index contributed by atoms with van der Waals surface area (Å²) in [6.45, 7) is 0.481. The van der Waals surface area contributed by atoms with Crippen LogP contribution in [-0.4, -0.2) is 16.1 Å². The van der Waals surface area contributed by atoms with Crippen molar-refractivity contribution >= 4 is 45.2 Å². The van der Waals surface area contributed by atoms with Crippen LogP contribution < -0.4 is 10.6 Å². The zero-order valence-corrected chi connectivity index (χ0v) is 15.0. The van der Waals surface area contributed by atoms with Crippen molar-refractivity contribution in [1.29, 1.82) is 0 Å². The van der Waals surface area contributed by atoms with E-state index in [0.717, 1.165) is 11.1 Å². The Morgan fingerprint density at radius 1 is 1.12 bits per heavy atom. The average molecular weight is 389 g/mol. The van der Waals surface area contributed by atoms with Gasteiger partial charge in [-0.2, -0.15) is 0 Å². The summed E-state index contributed by atoms with van der Waals surface area (Å²) in [5.74, 6) is -0.606. The number of aromatic nitrogens is 2. The molecule has 0 saturated carbocycles. The zero-order valence-electron chi connectivity index (χ0n) is 13.4. The van der Waals surface area contributed by atoms with Crippen molar-refractivity contribution in [2.75, 3.05) is 10.6 Å². The Morgan fingerprint density at radius 3 is 2.62 bits per heavy atom. The first-order chi connectivity index (χ1) is 12.6. The van der Waals surface area contributed by atoms with E-state index in [-0.39, 0.29) is 11.7 Å². The Morgan fingerprint density at radius 2 is 1.85 bits per heavy atom. The number of halogens is 2. The fraction of sp³-hybridized carbons (Fsp3) is 0.0556. The highest BCUT2D eigenvalue weighted by molar-refractivity contribution is 7.19. The van der Waals surface area contributed by atoms with E-state index in [0.29, 0.717) is 21.8 Å². The minimum absolute atomic E-state index is 0.278. The first kappa shape index (κ1) is 18.0. The molecular formula is C18H14ClFN4OS. The Labute approximate surface area is 158 Å². The zero-order chi connectivity index (χ0) is 18.4. The molecule has 0 fully saturated rings. The van der Waals surface area contributed by atoms with Crippen LogP contribution in [0.3, 0.4) is 0 Å². The lowest BCUT2D eigenvalue weighted by Gasteiger charge is -2.01. The largest absolute Gasteiger partial charge is 0.356 e. The van der Waals surface area contributed by atoms with E-state index in [1.165, 1.54) is 29.5 Å². The molecule has 0 bridgehead atoms. The van der Waals surface area contributed by atoms with Gasteiger partial charge in [-0.05, 0) is 35.4 Å². The van der Waals surface area contributed by atoms with Gasteiger partial charge in [0.2, 0.25) is 16.2 Å². The molecule has 8 heteroatoms. The number of benzene rings is 2. The van der Waals surface area contributed by atoms with Crippen molar-refractivity contribution in [3.8, 4) is 0 Å². The summed E-state index contributed by atoms with van der Waals surface area (Å²) in [5, 5.41) is 15.1. The molecule has 26 heavy (non-hydrogen) atoms. The molecule has 3 rings (SSSR count). The molecule has 1 aromatic heterocycles. The first-order valence-electron chi connectivity index (χ1n) is 7.65. The SMILES string of the molecule is O=C(/C=C/c1ccccc1Cl)Nc1nnc(NCc2ccc(F)cc2)s1. The third-order valence-electron chi connectivity index (χ3n) is 3.33. The van der Waals surface area contributed by atoms with Gasteiger partial charge < -0.3 is 5.32 Å². The molecular weight excluding hydrogens is 375 g/mol. The summed E-state index contributed by atoms with van der Waals surface area (Å²) in [5.41, 5.74) is 1.66. The van der Waals surface area contributed by atoms with Gasteiger partial charge in [0, 0.05) is 17.6 Å². The fourth-order valence-corrected chi connectivity index (χ4v) is 2.89. The van der Waals surface area contributed by atoms with Crippen molar-refractivity contribution in [3.63, 3.8) is 0 Å². The molecule has 0 unspecified atom stereocenters. The second-order valence-corrected chi connectivity index (χ2v) is 6.62. The number of carbonyl (C=O) groups excluding carboxylic acids is 1. The molecule has 5 nitrogen and oxygen atoms in total. The Hall–Kier alpha value is -2.77. The predicted octanol–water partition coefficient (Wildman–Crippen LogP) is 4.59. The van der Waals surface area contributed by atoms with Gasteiger partial charge >= 0.3 is 0 Å². The summed E-state index contributed by atoms with van der Waals surface area (Å²) in [7, 11) is 0. The van der Waals surface area contributed by atoms with E-state index in [1.807, 2.05) is 18.2 Å². The van der Waals surface area contributed by atoms with Crippen molar-refractivity contribution in [1.82, 2.24) is 10.2 Å². The van der Waals surface area contributed by atoms with E-state index in [9.17, 15) is 9.18 Å². The summed E-state index contributed by atoms with van der Waals surface area (Å²) >= 11 is 7.24. The molecule has 2 aromatic carbocycles. The third kappa shape index (κ3) is 5.11. The van der Waals surface area contributed by atoms with Gasteiger partial charge in [0.05, 0.1) is 0 Å². The maximum Gasteiger partial charge on any atom is 0.250 e. The van der Waals surface area contributed by atoms with Gasteiger partial charge in [0.25, 0.3) is 0 Å². The van der Waals surface area contributed by atoms with Crippen LogP contribution in [0.15, 0.2) is 54.6 Å². The van der Waals surface area contributed by atoms with Crippen LogP contribution in [0.5, 0.6) is 0 Å². The molecule has 0 aliphatic heterocycles. The second-order valence-electron chi connectivity index (χ2n) is 5.24. The molecule has 0 saturated heterocycles. The maximum absolute atomic E-state index is 12.9. The summed E-state index contributed by atoms with van der Waals surface area (Å²) < 4.78 is 12.9. The molecule has 0 aliphatic rings. The van der Waals surface area contributed by atoms with E-state index < -0.39 is 0 Å². The van der Waals surface area contributed by atoms with Crippen LogP contribution >= 0.6 is 22.9 Å². The van der Waals surface area contributed by atoms with Crippen LogP contribution in [0.25, 0.3) is 6.08 Å². The lowest BCUT2D eigenvalue weighted by molar-refractivity contribution is -0.111. The Bertz CT molecular complexity index is 927. The molecule has 3 aromatic rings. The van der Waals surface area contributed by atoms with Crippen molar-refractivity contribution in [2.45, 2.75) is 6.54 Å². The van der Waals surface area contributed by atoms with Gasteiger partial charge in [-0.25, -0.2) is 4.39 Å². The van der Waals surface area contributed by atoms with E-state index in [2.05, 4.69) is 20.8 Å². The maximum atomic E-state index is 12.9. The van der Waals surface area contributed by atoms with E-state index in [4.69, 9.17) is 11.6 Å². The highest BCUT2D eigenvalue weighted by Crippen LogP contribution is 2.21. The number of carbonyl (C=O) groups is 1. The molecule has 0 radical (unpaired) electrons. The number of amides is 1. The summed E-state index contributed by atoms with van der Waals surface area (Å²) in [6.07, 6.45) is 3.01. The molecule has 1 heterocycles. The van der Waals surface area contributed by atoms with Crippen LogP contribution in [0.4, 0.5) is 14.7 Å². The van der Waals surface area contributed by atoms with Crippen LogP contribution in [0.2, 0.25) is 5.02 Å². The number of hydrogen-bond donors (Lipinski definition) is 2. The predicted molar refractivity (Wildman–Crippen MR) is 103 cm³/mol. The van der Waals surface area contributed by atoms with Crippen molar-refractivity contribution in [3.05, 3.63) is 76.6 Å².